The van der Waals surface area contributed by atoms with Crippen molar-refractivity contribution in [3.8, 4) is 17.2 Å². The number of aromatic nitrogens is 3. The maximum Gasteiger partial charge on any atom is 0.187 e. The van der Waals surface area contributed by atoms with Crippen LogP contribution in [0.3, 0.4) is 0 Å². The zero-order chi connectivity index (χ0) is 17.1. The van der Waals surface area contributed by atoms with Crippen LogP contribution in [0.2, 0.25) is 0 Å². The Labute approximate surface area is 145 Å². The van der Waals surface area contributed by atoms with Crippen molar-refractivity contribution in [2.45, 2.75) is 43.8 Å². The highest BCUT2D eigenvalue weighted by atomic mass is 32.2. The average Bonchev–Trinajstić information content (AvgIpc) is 2.60. The maximum atomic E-state index is 9.55. The molecule has 0 amide bonds. The molecule has 0 radical (unpaired) electrons. The van der Waals surface area contributed by atoms with Crippen molar-refractivity contribution in [1.29, 1.82) is 5.26 Å². The number of nitrogens with two attached hydrogens (primary N) is 2. The standard InChI is InChI=1S/C17H20N6S/c1-2-5-24-17-21-8-10(9-22-17)15-12-6-11(19)3-4-14(12)23-16(20)13(15)7-18/h8-9,11H,2-6,19H2,1H3,(H2,20,23)/t11-/m0/s1. The van der Waals surface area contributed by atoms with Gasteiger partial charge < -0.3 is 11.5 Å². The Bertz CT molecular complexity index is 781. The van der Waals surface area contributed by atoms with Gasteiger partial charge in [0.15, 0.2) is 5.16 Å². The van der Waals surface area contributed by atoms with Crippen LogP contribution in [0.1, 0.15) is 36.6 Å². The van der Waals surface area contributed by atoms with Gasteiger partial charge in [-0.3, -0.25) is 0 Å². The van der Waals surface area contributed by atoms with Gasteiger partial charge in [-0.05, 0) is 31.2 Å². The number of thioether (sulfide) groups is 1. The molecular weight excluding hydrogens is 320 g/mol. The highest BCUT2D eigenvalue weighted by Crippen LogP contribution is 2.35. The molecule has 0 bridgehead atoms. The van der Waals surface area contributed by atoms with Crippen molar-refractivity contribution in [3.63, 3.8) is 0 Å². The summed E-state index contributed by atoms with van der Waals surface area (Å²) < 4.78 is 0. The summed E-state index contributed by atoms with van der Waals surface area (Å²) in [6.07, 6.45) is 6.96. The van der Waals surface area contributed by atoms with Gasteiger partial charge in [0.1, 0.15) is 17.5 Å². The van der Waals surface area contributed by atoms with Gasteiger partial charge in [-0.15, -0.1) is 0 Å². The number of aryl methyl sites for hydroxylation is 1. The van der Waals surface area contributed by atoms with E-state index in [1.807, 2.05) is 0 Å². The van der Waals surface area contributed by atoms with Gasteiger partial charge in [0, 0.05) is 41.0 Å². The molecule has 1 atom stereocenters. The van der Waals surface area contributed by atoms with Gasteiger partial charge in [-0.1, -0.05) is 18.7 Å². The molecule has 7 heteroatoms. The molecule has 0 aromatic carbocycles. The van der Waals surface area contributed by atoms with Gasteiger partial charge in [0.05, 0.1) is 0 Å². The van der Waals surface area contributed by atoms with Crippen LogP contribution in [0.25, 0.3) is 11.1 Å². The van der Waals surface area contributed by atoms with Crippen molar-refractivity contribution < 1.29 is 0 Å². The average molecular weight is 340 g/mol. The smallest absolute Gasteiger partial charge is 0.187 e. The van der Waals surface area contributed by atoms with Crippen LogP contribution in [0.5, 0.6) is 0 Å². The van der Waals surface area contributed by atoms with Crippen LogP contribution in [0, 0.1) is 11.3 Å². The Morgan fingerprint density at radius 3 is 2.79 bits per heavy atom. The molecule has 6 nitrogen and oxygen atoms in total. The number of nitrogen functional groups attached to an aromatic ring is 1. The van der Waals surface area contributed by atoms with Crippen LogP contribution < -0.4 is 11.5 Å². The van der Waals surface area contributed by atoms with Gasteiger partial charge in [0.25, 0.3) is 0 Å². The minimum absolute atomic E-state index is 0.0773. The summed E-state index contributed by atoms with van der Waals surface area (Å²) in [7, 11) is 0. The van der Waals surface area contributed by atoms with Crippen LogP contribution in [0.4, 0.5) is 5.82 Å². The summed E-state index contributed by atoms with van der Waals surface area (Å²) in [6.45, 7) is 2.12. The fourth-order valence-electron chi connectivity index (χ4n) is 2.95. The second-order valence-electron chi connectivity index (χ2n) is 5.89. The Hall–Kier alpha value is -2.17. The number of hydrogen-bond donors (Lipinski definition) is 2. The van der Waals surface area contributed by atoms with E-state index in [4.69, 9.17) is 11.5 Å². The van der Waals surface area contributed by atoms with Crippen LogP contribution >= 0.6 is 11.8 Å². The molecule has 3 rings (SSSR count). The lowest BCUT2D eigenvalue weighted by Gasteiger charge is -2.24. The Morgan fingerprint density at radius 2 is 2.12 bits per heavy atom. The first-order chi connectivity index (χ1) is 11.6. The summed E-state index contributed by atoms with van der Waals surface area (Å²) in [6, 6.07) is 2.26. The molecule has 24 heavy (non-hydrogen) atoms. The van der Waals surface area contributed by atoms with Gasteiger partial charge in [0.2, 0.25) is 0 Å². The quantitative estimate of drug-likeness (QED) is 0.648. The molecule has 0 aliphatic heterocycles. The highest BCUT2D eigenvalue weighted by Gasteiger charge is 2.25. The van der Waals surface area contributed by atoms with E-state index in [0.29, 0.717) is 12.0 Å². The van der Waals surface area contributed by atoms with E-state index in [9.17, 15) is 5.26 Å². The molecule has 4 N–H and O–H groups in total. The van der Waals surface area contributed by atoms with E-state index in [0.717, 1.165) is 52.6 Å². The number of nitriles is 1. The molecule has 1 aliphatic rings. The molecule has 2 aromatic heterocycles. The normalized spacial score (nSPS) is 16.5. The zero-order valence-electron chi connectivity index (χ0n) is 13.6. The molecule has 0 saturated carbocycles. The lowest BCUT2D eigenvalue weighted by Crippen LogP contribution is -2.29. The van der Waals surface area contributed by atoms with Crippen molar-refractivity contribution in [3.05, 3.63) is 29.2 Å². The first kappa shape index (κ1) is 16.7. The summed E-state index contributed by atoms with van der Waals surface area (Å²) in [5.74, 6) is 1.25. The van der Waals surface area contributed by atoms with E-state index in [1.165, 1.54) is 0 Å². The van der Waals surface area contributed by atoms with E-state index in [1.54, 1.807) is 24.2 Å². The van der Waals surface area contributed by atoms with E-state index < -0.39 is 0 Å². The highest BCUT2D eigenvalue weighted by molar-refractivity contribution is 7.99. The van der Waals surface area contributed by atoms with Crippen molar-refractivity contribution in [2.24, 2.45) is 5.73 Å². The third-order valence-corrected chi connectivity index (χ3v) is 5.18. The Balaban J connectivity index is 2.09. The molecule has 2 heterocycles. The first-order valence-electron chi connectivity index (χ1n) is 8.06. The predicted molar refractivity (Wildman–Crippen MR) is 95.4 cm³/mol. The monoisotopic (exact) mass is 340 g/mol. The van der Waals surface area contributed by atoms with Gasteiger partial charge in [-0.25, -0.2) is 15.0 Å². The summed E-state index contributed by atoms with van der Waals surface area (Å²) >= 11 is 1.62. The predicted octanol–water partition coefficient (Wildman–Crippen LogP) is 2.31. The molecular formula is C17H20N6S. The minimum Gasteiger partial charge on any atom is -0.383 e. The number of hydrogen-bond acceptors (Lipinski definition) is 7. The number of nitrogens with zero attached hydrogens (tertiary/aromatic N) is 4. The molecule has 0 spiro atoms. The second-order valence-corrected chi connectivity index (χ2v) is 6.95. The molecule has 1 aliphatic carbocycles. The Morgan fingerprint density at radius 1 is 1.38 bits per heavy atom. The Kier molecular flexibility index (Phi) is 4.97. The van der Waals surface area contributed by atoms with Crippen molar-refractivity contribution in [1.82, 2.24) is 15.0 Å². The zero-order valence-corrected chi connectivity index (χ0v) is 14.4. The first-order valence-corrected chi connectivity index (χ1v) is 9.04. The van der Waals surface area contributed by atoms with Crippen molar-refractivity contribution >= 4 is 17.6 Å². The summed E-state index contributed by atoms with van der Waals surface area (Å²) in [5.41, 5.74) is 16.1. The lowest BCUT2D eigenvalue weighted by molar-refractivity contribution is 0.568. The SMILES string of the molecule is CCCSc1ncc(-c2c(C#N)c(N)nc3c2C[C@@H](N)CC3)cn1. The summed E-state index contributed by atoms with van der Waals surface area (Å²) in [4.78, 5) is 13.2. The van der Waals surface area contributed by atoms with E-state index in [-0.39, 0.29) is 11.9 Å². The fraction of sp³-hybridized carbons (Fsp3) is 0.412. The maximum absolute atomic E-state index is 9.55. The third kappa shape index (κ3) is 3.21. The van der Waals surface area contributed by atoms with E-state index >= 15 is 0 Å². The minimum atomic E-state index is 0.0773. The van der Waals surface area contributed by atoms with Crippen LogP contribution in [-0.2, 0) is 12.8 Å². The summed E-state index contributed by atoms with van der Waals surface area (Å²) in [5, 5.41) is 10.3. The fourth-order valence-corrected chi connectivity index (χ4v) is 3.59. The van der Waals surface area contributed by atoms with Crippen LogP contribution in [-0.4, -0.2) is 26.7 Å². The lowest BCUT2D eigenvalue weighted by atomic mass is 9.85. The molecule has 0 saturated heterocycles. The molecule has 0 unspecified atom stereocenters. The van der Waals surface area contributed by atoms with Gasteiger partial charge >= 0.3 is 0 Å². The topological polar surface area (TPSA) is 114 Å². The molecule has 124 valence electrons. The number of rotatable bonds is 4. The molecule has 0 fully saturated rings. The number of anilines is 1. The number of fused-ring (bicyclic) bond motifs is 1. The second kappa shape index (κ2) is 7.16. The largest absolute Gasteiger partial charge is 0.383 e. The number of pyridine rings is 1. The van der Waals surface area contributed by atoms with Crippen LogP contribution in [0.15, 0.2) is 17.6 Å². The molecule has 2 aromatic rings. The van der Waals surface area contributed by atoms with Crippen molar-refractivity contribution in [2.75, 3.05) is 11.5 Å². The van der Waals surface area contributed by atoms with Gasteiger partial charge in [-0.2, -0.15) is 5.26 Å². The van der Waals surface area contributed by atoms with E-state index in [2.05, 4.69) is 27.9 Å². The third-order valence-electron chi connectivity index (χ3n) is 4.09.